The molecule has 1 aromatic heterocycles. The van der Waals surface area contributed by atoms with Crippen molar-refractivity contribution < 1.29 is 17.9 Å². The second-order valence-corrected chi connectivity index (χ2v) is 5.08. The lowest BCUT2D eigenvalue weighted by molar-refractivity contribution is -0.135. The standard InChI is InChI=1S/C15H18F3NO/c1-11(2)20-14-6-3-5-13-12(14)7-10-19(13)9-4-8-15(16,17)18/h3,5-7,10-11H,4,8-9H2,1-2H3. The average molecular weight is 285 g/mol. The van der Waals surface area contributed by atoms with Crippen molar-refractivity contribution in [1.82, 2.24) is 4.57 Å². The summed E-state index contributed by atoms with van der Waals surface area (Å²) in [6.07, 6.45) is -2.88. The van der Waals surface area contributed by atoms with Gasteiger partial charge in [0.1, 0.15) is 5.75 Å². The van der Waals surface area contributed by atoms with Crippen LogP contribution in [0.25, 0.3) is 10.9 Å². The van der Waals surface area contributed by atoms with Crippen molar-refractivity contribution in [2.75, 3.05) is 0 Å². The van der Waals surface area contributed by atoms with Gasteiger partial charge in [-0.15, -0.1) is 0 Å². The first-order valence-corrected chi connectivity index (χ1v) is 6.68. The molecule has 1 heterocycles. The molecule has 0 aliphatic carbocycles. The van der Waals surface area contributed by atoms with Crippen LogP contribution < -0.4 is 4.74 Å². The van der Waals surface area contributed by atoms with Gasteiger partial charge >= 0.3 is 6.18 Å². The number of rotatable bonds is 5. The molecule has 2 rings (SSSR count). The van der Waals surface area contributed by atoms with E-state index in [-0.39, 0.29) is 12.5 Å². The van der Waals surface area contributed by atoms with E-state index in [9.17, 15) is 13.2 Å². The van der Waals surface area contributed by atoms with Gasteiger partial charge in [0, 0.05) is 24.5 Å². The monoisotopic (exact) mass is 285 g/mol. The van der Waals surface area contributed by atoms with E-state index in [4.69, 9.17) is 4.74 Å². The van der Waals surface area contributed by atoms with Gasteiger partial charge in [0.2, 0.25) is 0 Å². The van der Waals surface area contributed by atoms with E-state index in [2.05, 4.69) is 0 Å². The predicted molar refractivity (Wildman–Crippen MR) is 73.0 cm³/mol. The Labute approximate surface area is 116 Å². The van der Waals surface area contributed by atoms with Crippen LogP contribution in [0.3, 0.4) is 0 Å². The minimum Gasteiger partial charge on any atom is -0.490 e. The molecule has 2 aromatic rings. The van der Waals surface area contributed by atoms with Gasteiger partial charge in [-0.1, -0.05) is 6.07 Å². The third-order valence-electron chi connectivity index (χ3n) is 3.00. The van der Waals surface area contributed by atoms with Crippen LogP contribution in [0.15, 0.2) is 30.5 Å². The van der Waals surface area contributed by atoms with Gasteiger partial charge in [-0.05, 0) is 38.5 Å². The fourth-order valence-corrected chi connectivity index (χ4v) is 2.20. The summed E-state index contributed by atoms with van der Waals surface area (Å²) < 4.78 is 44.1. The Morgan fingerprint density at radius 3 is 2.60 bits per heavy atom. The van der Waals surface area contributed by atoms with Crippen molar-refractivity contribution in [3.63, 3.8) is 0 Å². The molecule has 0 aliphatic heterocycles. The first kappa shape index (κ1) is 14.8. The van der Waals surface area contributed by atoms with Crippen LogP contribution in [0.2, 0.25) is 0 Å². The molecule has 0 amide bonds. The van der Waals surface area contributed by atoms with Gasteiger partial charge < -0.3 is 9.30 Å². The molecular formula is C15H18F3NO. The Morgan fingerprint density at radius 1 is 1.20 bits per heavy atom. The van der Waals surface area contributed by atoms with Crippen LogP contribution in [0, 0.1) is 0 Å². The van der Waals surface area contributed by atoms with E-state index < -0.39 is 12.6 Å². The van der Waals surface area contributed by atoms with E-state index in [1.165, 1.54) is 0 Å². The highest BCUT2D eigenvalue weighted by molar-refractivity contribution is 5.86. The van der Waals surface area contributed by atoms with Gasteiger partial charge in [-0.2, -0.15) is 13.2 Å². The minimum absolute atomic E-state index is 0.0641. The lowest BCUT2D eigenvalue weighted by Crippen LogP contribution is -2.09. The molecule has 5 heteroatoms. The first-order chi connectivity index (χ1) is 9.37. The van der Waals surface area contributed by atoms with Gasteiger partial charge in [0.15, 0.2) is 0 Å². The van der Waals surface area contributed by atoms with E-state index in [1.807, 2.05) is 48.9 Å². The number of benzene rings is 1. The molecule has 0 saturated carbocycles. The maximum atomic E-state index is 12.2. The predicted octanol–water partition coefficient (Wildman–Crippen LogP) is 4.77. The lowest BCUT2D eigenvalue weighted by Gasteiger charge is -2.12. The molecule has 0 aliphatic rings. The smallest absolute Gasteiger partial charge is 0.389 e. The summed E-state index contributed by atoms with van der Waals surface area (Å²) in [6, 6.07) is 7.53. The topological polar surface area (TPSA) is 14.2 Å². The number of alkyl halides is 3. The zero-order valence-corrected chi connectivity index (χ0v) is 11.6. The molecule has 0 atom stereocenters. The molecule has 110 valence electrons. The SMILES string of the molecule is CC(C)Oc1cccc2c1ccn2CCCC(F)(F)F. The quantitative estimate of drug-likeness (QED) is 0.771. The molecule has 0 radical (unpaired) electrons. The third kappa shape index (κ3) is 3.68. The first-order valence-electron chi connectivity index (χ1n) is 6.68. The largest absolute Gasteiger partial charge is 0.490 e. The number of halogens is 3. The van der Waals surface area contributed by atoms with Crippen molar-refractivity contribution in [3.05, 3.63) is 30.5 Å². The molecule has 0 N–H and O–H groups in total. The molecular weight excluding hydrogens is 267 g/mol. The Morgan fingerprint density at radius 2 is 1.95 bits per heavy atom. The molecule has 0 saturated heterocycles. The van der Waals surface area contributed by atoms with Crippen molar-refractivity contribution in [3.8, 4) is 5.75 Å². The van der Waals surface area contributed by atoms with Crippen LogP contribution in [0.4, 0.5) is 13.2 Å². The van der Waals surface area contributed by atoms with Gasteiger partial charge in [0.25, 0.3) is 0 Å². The number of nitrogens with zero attached hydrogens (tertiary/aromatic N) is 1. The molecule has 0 unspecified atom stereocenters. The zero-order chi connectivity index (χ0) is 14.8. The van der Waals surface area contributed by atoms with Crippen LogP contribution in [-0.4, -0.2) is 16.8 Å². The highest BCUT2D eigenvalue weighted by atomic mass is 19.4. The van der Waals surface area contributed by atoms with E-state index in [1.54, 1.807) is 0 Å². The zero-order valence-electron chi connectivity index (χ0n) is 11.6. The third-order valence-corrected chi connectivity index (χ3v) is 3.00. The summed E-state index contributed by atoms with van der Waals surface area (Å²) in [5.41, 5.74) is 0.908. The van der Waals surface area contributed by atoms with E-state index >= 15 is 0 Å². The number of aromatic nitrogens is 1. The Bertz CT molecular complexity index is 572. The Balaban J connectivity index is 2.16. The molecule has 0 spiro atoms. The minimum atomic E-state index is -4.09. The maximum Gasteiger partial charge on any atom is 0.389 e. The summed E-state index contributed by atoms with van der Waals surface area (Å²) >= 11 is 0. The Kier molecular flexibility index (Phi) is 4.26. The second-order valence-electron chi connectivity index (χ2n) is 5.08. The van der Waals surface area contributed by atoms with Crippen molar-refractivity contribution >= 4 is 10.9 Å². The highest BCUT2D eigenvalue weighted by Gasteiger charge is 2.26. The lowest BCUT2D eigenvalue weighted by atomic mass is 10.2. The van der Waals surface area contributed by atoms with Crippen molar-refractivity contribution in [2.45, 2.75) is 45.5 Å². The highest BCUT2D eigenvalue weighted by Crippen LogP contribution is 2.28. The number of hydrogen-bond donors (Lipinski definition) is 0. The van der Waals surface area contributed by atoms with Gasteiger partial charge in [-0.25, -0.2) is 0 Å². The fraction of sp³-hybridized carbons (Fsp3) is 0.467. The number of aryl methyl sites for hydroxylation is 1. The van der Waals surface area contributed by atoms with Gasteiger partial charge in [0.05, 0.1) is 11.6 Å². The van der Waals surface area contributed by atoms with E-state index in [0.29, 0.717) is 6.54 Å². The molecule has 20 heavy (non-hydrogen) atoms. The van der Waals surface area contributed by atoms with Crippen LogP contribution >= 0.6 is 0 Å². The summed E-state index contributed by atoms with van der Waals surface area (Å²) in [4.78, 5) is 0. The summed E-state index contributed by atoms with van der Waals surface area (Å²) in [7, 11) is 0. The molecule has 1 aromatic carbocycles. The van der Waals surface area contributed by atoms with Crippen LogP contribution in [0.1, 0.15) is 26.7 Å². The molecule has 0 bridgehead atoms. The maximum absolute atomic E-state index is 12.2. The summed E-state index contributed by atoms with van der Waals surface area (Å²) in [5, 5.41) is 0.938. The van der Waals surface area contributed by atoms with E-state index in [0.717, 1.165) is 16.7 Å². The average Bonchev–Trinajstić information content (AvgIpc) is 2.71. The summed E-state index contributed by atoms with van der Waals surface area (Å²) in [6.45, 7) is 4.24. The van der Waals surface area contributed by atoms with Gasteiger partial charge in [-0.3, -0.25) is 0 Å². The number of fused-ring (bicyclic) bond motifs is 1. The Hall–Kier alpha value is -1.65. The van der Waals surface area contributed by atoms with Crippen LogP contribution in [-0.2, 0) is 6.54 Å². The number of ether oxygens (including phenoxy) is 1. The van der Waals surface area contributed by atoms with Crippen molar-refractivity contribution in [1.29, 1.82) is 0 Å². The van der Waals surface area contributed by atoms with Crippen molar-refractivity contribution in [2.24, 2.45) is 0 Å². The van der Waals surface area contributed by atoms with Crippen LogP contribution in [0.5, 0.6) is 5.75 Å². The second kappa shape index (κ2) is 5.77. The normalized spacial score (nSPS) is 12.3. The molecule has 2 nitrogen and oxygen atoms in total. The summed E-state index contributed by atoms with van der Waals surface area (Å²) in [5.74, 6) is 0.770. The number of hydrogen-bond acceptors (Lipinski definition) is 1. The molecule has 0 fully saturated rings. The fourth-order valence-electron chi connectivity index (χ4n) is 2.20.